The van der Waals surface area contributed by atoms with E-state index in [1.807, 2.05) is 14.2 Å². The Bertz CT molecular complexity index is 151. The number of hydrogen-bond acceptors (Lipinski definition) is 2. The summed E-state index contributed by atoms with van der Waals surface area (Å²) in [5.41, 5.74) is 0.416. The Morgan fingerprint density at radius 1 is 1.20 bits per heavy atom. The van der Waals surface area contributed by atoms with Gasteiger partial charge in [-0.05, 0) is 31.7 Å². The number of hydrogen-bond donors (Lipinski definition) is 1. The molecule has 2 unspecified atom stereocenters. The molecule has 0 aliphatic rings. The first kappa shape index (κ1) is 14.9. The lowest BCUT2D eigenvalue weighted by atomic mass is 9.87. The summed E-state index contributed by atoms with van der Waals surface area (Å²) in [6.45, 7) is 9.09. The van der Waals surface area contributed by atoms with Crippen molar-refractivity contribution in [3.8, 4) is 0 Å². The van der Waals surface area contributed by atoms with Gasteiger partial charge in [0.25, 0.3) is 0 Å². The van der Waals surface area contributed by atoms with Crippen molar-refractivity contribution in [2.75, 3.05) is 14.2 Å². The molecule has 15 heavy (non-hydrogen) atoms. The quantitative estimate of drug-likeness (QED) is 0.704. The van der Waals surface area contributed by atoms with Crippen molar-refractivity contribution in [1.29, 1.82) is 0 Å². The molecule has 2 heteroatoms. The number of methoxy groups -OCH3 is 1. The highest BCUT2D eigenvalue weighted by atomic mass is 16.5. The molecule has 1 N–H and O–H groups in total. The van der Waals surface area contributed by atoms with Crippen molar-refractivity contribution < 1.29 is 4.74 Å². The van der Waals surface area contributed by atoms with Gasteiger partial charge in [0.2, 0.25) is 0 Å². The third-order valence-electron chi connectivity index (χ3n) is 2.90. The predicted molar refractivity (Wildman–Crippen MR) is 67.2 cm³/mol. The lowest BCUT2D eigenvalue weighted by Crippen LogP contribution is -2.39. The average Bonchev–Trinajstić information content (AvgIpc) is 2.15. The zero-order valence-corrected chi connectivity index (χ0v) is 11.4. The normalized spacial score (nSPS) is 16.4. The Kier molecular flexibility index (Phi) is 7.20. The molecule has 0 spiro atoms. The Balaban J connectivity index is 4.09. The van der Waals surface area contributed by atoms with Crippen LogP contribution in [0.15, 0.2) is 0 Å². The minimum Gasteiger partial charge on any atom is -0.380 e. The monoisotopic (exact) mass is 215 g/mol. The molecule has 0 aromatic heterocycles. The van der Waals surface area contributed by atoms with Gasteiger partial charge in [-0.2, -0.15) is 0 Å². The van der Waals surface area contributed by atoms with Gasteiger partial charge in [-0.15, -0.1) is 0 Å². The minimum absolute atomic E-state index is 0.363. The van der Waals surface area contributed by atoms with Crippen molar-refractivity contribution in [2.45, 2.75) is 65.5 Å². The summed E-state index contributed by atoms with van der Waals surface area (Å²) in [5.74, 6) is 0. The van der Waals surface area contributed by atoms with E-state index in [4.69, 9.17) is 4.74 Å². The van der Waals surface area contributed by atoms with Gasteiger partial charge in [0.15, 0.2) is 0 Å². The molecule has 2 atom stereocenters. The fourth-order valence-corrected chi connectivity index (χ4v) is 1.87. The first-order valence-corrected chi connectivity index (χ1v) is 6.14. The second-order valence-electron chi connectivity index (χ2n) is 5.56. The van der Waals surface area contributed by atoms with Crippen LogP contribution in [0, 0.1) is 5.41 Å². The highest BCUT2D eigenvalue weighted by molar-refractivity contribution is 4.77. The molecule has 2 nitrogen and oxygen atoms in total. The number of ether oxygens (including phenoxy) is 1. The van der Waals surface area contributed by atoms with Crippen molar-refractivity contribution in [2.24, 2.45) is 5.41 Å². The maximum absolute atomic E-state index is 5.55. The summed E-state index contributed by atoms with van der Waals surface area (Å²) in [4.78, 5) is 0. The van der Waals surface area contributed by atoms with E-state index < -0.39 is 0 Å². The van der Waals surface area contributed by atoms with Gasteiger partial charge in [0, 0.05) is 13.2 Å². The van der Waals surface area contributed by atoms with Gasteiger partial charge < -0.3 is 10.1 Å². The summed E-state index contributed by atoms with van der Waals surface area (Å²) in [5, 5.41) is 3.39. The van der Waals surface area contributed by atoms with Crippen LogP contribution in [0.4, 0.5) is 0 Å². The summed E-state index contributed by atoms with van der Waals surface area (Å²) < 4.78 is 5.55. The zero-order chi connectivity index (χ0) is 11.9. The van der Waals surface area contributed by atoms with E-state index in [0.29, 0.717) is 17.6 Å². The van der Waals surface area contributed by atoms with Crippen molar-refractivity contribution in [3.63, 3.8) is 0 Å². The molecule has 0 rings (SSSR count). The summed E-state index contributed by atoms with van der Waals surface area (Å²) >= 11 is 0. The molecule has 0 saturated carbocycles. The van der Waals surface area contributed by atoms with E-state index in [1.54, 1.807) is 0 Å². The second-order valence-corrected chi connectivity index (χ2v) is 5.56. The van der Waals surface area contributed by atoms with E-state index >= 15 is 0 Å². The Labute approximate surface area is 95.8 Å². The topological polar surface area (TPSA) is 21.3 Å². The van der Waals surface area contributed by atoms with E-state index in [1.165, 1.54) is 19.3 Å². The predicted octanol–water partition coefficient (Wildman–Crippen LogP) is 3.22. The van der Waals surface area contributed by atoms with E-state index in [0.717, 1.165) is 6.42 Å². The maximum atomic E-state index is 5.55. The van der Waals surface area contributed by atoms with Crippen LogP contribution in [-0.4, -0.2) is 26.3 Å². The second kappa shape index (κ2) is 7.24. The number of rotatable bonds is 7. The van der Waals surface area contributed by atoms with Crippen LogP contribution in [0.2, 0.25) is 0 Å². The van der Waals surface area contributed by atoms with E-state index in [2.05, 4.69) is 33.0 Å². The van der Waals surface area contributed by atoms with Crippen molar-refractivity contribution >= 4 is 0 Å². The molecular formula is C13H29NO. The molecule has 0 heterocycles. The van der Waals surface area contributed by atoms with Gasteiger partial charge >= 0.3 is 0 Å². The molecule has 0 aromatic carbocycles. The van der Waals surface area contributed by atoms with Crippen LogP contribution in [-0.2, 0) is 4.74 Å². The summed E-state index contributed by atoms with van der Waals surface area (Å²) in [6.07, 6.45) is 5.13. The van der Waals surface area contributed by atoms with Gasteiger partial charge in [-0.3, -0.25) is 0 Å². The zero-order valence-electron chi connectivity index (χ0n) is 11.4. The van der Waals surface area contributed by atoms with Crippen LogP contribution >= 0.6 is 0 Å². The van der Waals surface area contributed by atoms with Crippen LogP contribution in [0.3, 0.4) is 0 Å². The summed E-state index contributed by atoms with van der Waals surface area (Å²) in [6, 6.07) is 0.495. The lowest BCUT2D eigenvalue weighted by Gasteiger charge is -2.28. The first-order valence-electron chi connectivity index (χ1n) is 6.14. The fourth-order valence-electron chi connectivity index (χ4n) is 1.87. The fraction of sp³-hybridized carbons (Fsp3) is 1.00. The van der Waals surface area contributed by atoms with Crippen molar-refractivity contribution in [3.05, 3.63) is 0 Å². The molecular weight excluding hydrogens is 186 g/mol. The standard InChI is InChI=1S/C13H29NO/c1-7-8-12(15-6)11(14-5)9-10-13(2,3)4/h11-12,14H,7-10H2,1-6H3. The average molecular weight is 215 g/mol. The molecule has 0 fully saturated rings. The van der Waals surface area contributed by atoms with Crippen LogP contribution < -0.4 is 5.32 Å². The molecule has 0 amide bonds. The highest BCUT2D eigenvalue weighted by Gasteiger charge is 2.21. The van der Waals surface area contributed by atoms with Gasteiger partial charge in [-0.1, -0.05) is 34.1 Å². The molecule has 0 bridgehead atoms. The maximum Gasteiger partial charge on any atom is 0.0724 e. The Morgan fingerprint density at radius 3 is 2.13 bits per heavy atom. The largest absolute Gasteiger partial charge is 0.380 e. The first-order chi connectivity index (χ1) is 6.94. The van der Waals surface area contributed by atoms with Crippen LogP contribution in [0.5, 0.6) is 0 Å². The van der Waals surface area contributed by atoms with Gasteiger partial charge in [-0.25, -0.2) is 0 Å². The molecule has 0 aliphatic carbocycles. The Morgan fingerprint density at radius 2 is 1.80 bits per heavy atom. The Hall–Kier alpha value is -0.0800. The SMILES string of the molecule is CCCC(OC)C(CCC(C)(C)C)NC. The van der Waals surface area contributed by atoms with Crippen LogP contribution in [0.25, 0.3) is 0 Å². The third kappa shape index (κ3) is 6.91. The number of likely N-dealkylation sites (N-methyl/N-ethyl adjacent to an activating group) is 1. The van der Waals surface area contributed by atoms with Gasteiger partial charge in [0.05, 0.1) is 6.10 Å². The molecule has 0 radical (unpaired) electrons. The third-order valence-corrected chi connectivity index (χ3v) is 2.90. The number of nitrogens with one attached hydrogen (secondary N) is 1. The minimum atomic E-state index is 0.363. The molecule has 0 aliphatic heterocycles. The lowest BCUT2D eigenvalue weighted by molar-refractivity contribution is 0.0569. The molecule has 0 saturated heterocycles. The molecule has 92 valence electrons. The highest BCUT2D eigenvalue weighted by Crippen LogP contribution is 2.23. The van der Waals surface area contributed by atoms with E-state index in [-0.39, 0.29) is 0 Å². The van der Waals surface area contributed by atoms with Gasteiger partial charge in [0.1, 0.15) is 0 Å². The van der Waals surface area contributed by atoms with E-state index in [9.17, 15) is 0 Å². The summed E-state index contributed by atoms with van der Waals surface area (Å²) in [7, 11) is 3.86. The molecule has 0 aromatic rings. The van der Waals surface area contributed by atoms with Crippen LogP contribution in [0.1, 0.15) is 53.4 Å². The smallest absolute Gasteiger partial charge is 0.0724 e. The van der Waals surface area contributed by atoms with Crippen molar-refractivity contribution in [1.82, 2.24) is 5.32 Å².